The zero-order valence-electron chi connectivity index (χ0n) is 12.9. The molecule has 0 bridgehead atoms. The Kier molecular flexibility index (Phi) is 6.07. The fraction of sp³-hybridized carbons (Fsp3) is 0.176. The van der Waals surface area contributed by atoms with Crippen LogP contribution in [0.3, 0.4) is 0 Å². The molecular weight excluding hydrogens is 434 g/mol. The van der Waals surface area contributed by atoms with E-state index in [1.807, 2.05) is 6.07 Å². The molecule has 0 aliphatic rings. The van der Waals surface area contributed by atoms with Crippen LogP contribution in [0.4, 0.5) is 8.78 Å². The Labute approximate surface area is 160 Å². The van der Waals surface area contributed by atoms with Crippen LogP contribution in [0.2, 0.25) is 10.0 Å². The second-order valence-corrected chi connectivity index (χ2v) is 8.66. The van der Waals surface area contributed by atoms with Gasteiger partial charge in [-0.1, -0.05) is 0 Å². The molecule has 130 valence electrons. The minimum absolute atomic E-state index is 0.0396. The van der Waals surface area contributed by atoms with E-state index < -0.39 is 11.6 Å². The molecule has 3 rings (SSSR count). The van der Waals surface area contributed by atoms with Crippen LogP contribution in [-0.2, 0) is 11.9 Å². The van der Waals surface area contributed by atoms with Gasteiger partial charge in [-0.2, -0.15) is 0 Å². The Morgan fingerprint density at radius 2 is 1.96 bits per heavy atom. The summed E-state index contributed by atoms with van der Waals surface area (Å²) in [6, 6.07) is 9.04. The Bertz CT molecular complexity index is 859. The van der Waals surface area contributed by atoms with Crippen molar-refractivity contribution in [2.24, 2.45) is 0 Å². The van der Waals surface area contributed by atoms with Crippen LogP contribution in [0.25, 0.3) is 0 Å². The van der Waals surface area contributed by atoms with Crippen LogP contribution >= 0.6 is 23.2 Å². The molecule has 0 fully saturated rings. The Morgan fingerprint density at radius 1 is 1.12 bits per heavy atom. The van der Waals surface area contributed by atoms with Gasteiger partial charge in [0, 0.05) is 0 Å². The number of aromatic nitrogens is 3. The predicted octanol–water partition coefficient (Wildman–Crippen LogP) is 4.51. The van der Waals surface area contributed by atoms with E-state index >= 15 is 0 Å². The van der Waals surface area contributed by atoms with Crippen molar-refractivity contribution in [3.05, 3.63) is 81.9 Å². The maximum atomic E-state index is 14.3. The number of hydrogen-bond acceptors (Lipinski definition) is 2. The number of rotatable bonds is 6. The van der Waals surface area contributed by atoms with E-state index in [1.54, 1.807) is 23.1 Å². The Hall–Kier alpha value is -1.46. The van der Waals surface area contributed by atoms with Crippen molar-refractivity contribution in [3.8, 4) is 0 Å². The van der Waals surface area contributed by atoms with Gasteiger partial charge in [0.25, 0.3) is 0 Å². The molecule has 0 amide bonds. The van der Waals surface area contributed by atoms with Crippen LogP contribution in [0.15, 0.2) is 49.1 Å². The van der Waals surface area contributed by atoms with Crippen LogP contribution in [-0.4, -0.2) is 29.7 Å². The van der Waals surface area contributed by atoms with Crippen molar-refractivity contribution in [2.45, 2.75) is 16.7 Å². The van der Waals surface area contributed by atoms with Gasteiger partial charge < -0.3 is 0 Å². The van der Waals surface area contributed by atoms with Crippen molar-refractivity contribution in [1.82, 2.24) is 14.8 Å². The SMILES string of the molecule is Fc1ccc(C(Cn2cncn2)[Se]Cc2ccc(Cl)cc2Cl)c(F)c1. The first kappa shape index (κ1) is 18.3. The van der Waals surface area contributed by atoms with Gasteiger partial charge in [0.15, 0.2) is 0 Å². The quantitative estimate of drug-likeness (QED) is 0.521. The molecule has 1 aromatic heterocycles. The zero-order chi connectivity index (χ0) is 17.8. The van der Waals surface area contributed by atoms with Gasteiger partial charge in [-0.15, -0.1) is 0 Å². The van der Waals surface area contributed by atoms with Crippen LogP contribution in [0.1, 0.15) is 15.9 Å². The normalized spacial score (nSPS) is 12.3. The molecule has 1 unspecified atom stereocenters. The van der Waals surface area contributed by atoms with Gasteiger partial charge in [0.1, 0.15) is 0 Å². The van der Waals surface area contributed by atoms with E-state index in [4.69, 9.17) is 23.2 Å². The molecule has 8 heteroatoms. The topological polar surface area (TPSA) is 30.7 Å². The van der Waals surface area contributed by atoms with E-state index in [0.29, 0.717) is 27.5 Å². The van der Waals surface area contributed by atoms with Gasteiger partial charge in [-0.05, 0) is 0 Å². The van der Waals surface area contributed by atoms with Crippen LogP contribution in [0, 0.1) is 11.6 Å². The zero-order valence-corrected chi connectivity index (χ0v) is 16.1. The molecule has 3 aromatic rings. The number of halogens is 4. The first-order chi connectivity index (χ1) is 12.0. The van der Waals surface area contributed by atoms with Crippen molar-refractivity contribution >= 4 is 38.2 Å². The van der Waals surface area contributed by atoms with E-state index in [9.17, 15) is 8.78 Å². The molecule has 0 saturated carbocycles. The fourth-order valence-corrected chi connectivity index (χ4v) is 5.63. The standard InChI is InChI=1S/C17H13Cl2F2N3Se/c18-12-2-1-11(15(19)5-12)8-25-17(7-24-10-22-9-23-24)14-4-3-13(20)6-16(14)21/h1-6,9-10,17H,7-8H2. The summed E-state index contributed by atoms with van der Waals surface area (Å²) < 4.78 is 29.2. The summed E-state index contributed by atoms with van der Waals surface area (Å²) in [7, 11) is 0. The maximum absolute atomic E-state index is 14.3. The molecule has 0 radical (unpaired) electrons. The molecule has 1 heterocycles. The summed E-state index contributed by atoms with van der Waals surface area (Å²) in [4.78, 5) is 3.78. The van der Waals surface area contributed by atoms with Gasteiger partial charge in [0.05, 0.1) is 0 Å². The number of benzene rings is 2. The monoisotopic (exact) mass is 447 g/mol. The van der Waals surface area contributed by atoms with Gasteiger partial charge in [-0.3, -0.25) is 0 Å². The molecule has 0 aliphatic carbocycles. The third kappa shape index (κ3) is 4.79. The molecule has 0 N–H and O–H groups in total. The molecule has 2 aromatic carbocycles. The van der Waals surface area contributed by atoms with Crippen LogP contribution < -0.4 is 0 Å². The van der Waals surface area contributed by atoms with E-state index in [1.165, 1.54) is 18.5 Å². The predicted molar refractivity (Wildman–Crippen MR) is 95.0 cm³/mol. The van der Waals surface area contributed by atoms with Crippen molar-refractivity contribution in [2.75, 3.05) is 0 Å². The van der Waals surface area contributed by atoms with Crippen molar-refractivity contribution in [1.29, 1.82) is 0 Å². The minimum atomic E-state index is -0.589. The van der Waals surface area contributed by atoms with Crippen LogP contribution in [0.5, 0.6) is 0 Å². The van der Waals surface area contributed by atoms with Crippen molar-refractivity contribution < 1.29 is 8.78 Å². The molecule has 3 nitrogen and oxygen atoms in total. The molecule has 1 atom stereocenters. The molecular formula is C17H13Cl2F2N3Se. The van der Waals surface area contributed by atoms with E-state index in [2.05, 4.69) is 10.1 Å². The molecule has 0 aliphatic heterocycles. The summed E-state index contributed by atoms with van der Waals surface area (Å²) in [5.41, 5.74) is 1.43. The Balaban J connectivity index is 1.83. The molecule has 0 spiro atoms. The van der Waals surface area contributed by atoms with Crippen molar-refractivity contribution in [3.63, 3.8) is 0 Å². The average molecular weight is 447 g/mol. The average Bonchev–Trinajstić information content (AvgIpc) is 3.06. The summed E-state index contributed by atoms with van der Waals surface area (Å²) in [5.74, 6) is -1.14. The number of hydrogen-bond donors (Lipinski definition) is 0. The summed E-state index contributed by atoms with van der Waals surface area (Å²) >= 11 is 12.1. The second-order valence-electron chi connectivity index (χ2n) is 5.32. The van der Waals surface area contributed by atoms with Gasteiger partial charge >= 0.3 is 160 Å². The van der Waals surface area contributed by atoms with Gasteiger partial charge in [0.2, 0.25) is 0 Å². The molecule has 25 heavy (non-hydrogen) atoms. The summed E-state index contributed by atoms with van der Waals surface area (Å²) in [5, 5.41) is 5.95. The molecule has 0 saturated heterocycles. The second kappa shape index (κ2) is 8.28. The summed E-state index contributed by atoms with van der Waals surface area (Å²) in [6.07, 6.45) is 3.01. The Morgan fingerprint density at radius 3 is 2.64 bits per heavy atom. The van der Waals surface area contributed by atoms with E-state index in [0.717, 1.165) is 11.6 Å². The number of nitrogens with zero attached hydrogens (tertiary/aromatic N) is 3. The third-order valence-electron chi connectivity index (χ3n) is 3.58. The first-order valence-electron chi connectivity index (χ1n) is 7.36. The van der Waals surface area contributed by atoms with Gasteiger partial charge in [-0.25, -0.2) is 0 Å². The fourth-order valence-electron chi connectivity index (χ4n) is 2.33. The van der Waals surface area contributed by atoms with E-state index in [-0.39, 0.29) is 19.8 Å². The summed E-state index contributed by atoms with van der Waals surface area (Å²) in [6.45, 7) is 0.466. The third-order valence-corrected chi connectivity index (χ3v) is 6.86. The first-order valence-corrected chi connectivity index (χ1v) is 10.3.